The SMILES string of the molecule is CCCSP(C)(O)=S. The minimum atomic E-state index is -1.93. The summed E-state index contributed by atoms with van der Waals surface area (Å²) in [4.78, 5) is 9.04. The molecule has 0 aliphatic carbocycles. The monoisotopic (exact) mass is 170 g/mol. The molecule has 0 spiro atoms. The first kappa shape index (κ1) is 8.96. The summed E-state index contributed by atoms with van der Waals surface area (Å²) in [5.74, 6) is 0.990. The Morgan fingerprint density at radius 2 is 2.25 bits per heavy atom. The second-order valence-corrected chi connectivity index (χ2v) is 9.64. The van der Waals surface area contributed by atoms with Gasteiger partial charge in [-0.25, -0.2) is 0 Å². The molecule has 1 atom stereocenters. The van der Waals surface area contributed by atoms with Crippen LogP contribution in [0, 0.1) is 0 Å². The van der Waals surface area contributed by atoms with Crippen LogP contribution in [0.1, 0.15) is 13.3 Å². The Hall–Kier alpha value is 0.960. The van der Waals surface area contributed by atoms with E-state index in [0.29, 0.717) is 0 Å². The summed E-state index contributed by atoms with van der Waals surface area (Å²) in [7, 11) is 0. The molecule has 4 heteroatoms. The van der Waals surface area contributed by atoms with Crippen LogP contribution >= 0.6 is 16.8 Å². The second-order valence-electron chi connectivity index (χ2n) is 1.64. The van der Waals surface area contributed by atoms with E-state index in [0.717, 1.165) is 12.2 Å². The Bertz CT molecular complexity index is 98.2. The van der Waals surface area contributed by atoms with Crippen LogP contribution in [0.15, 0.2) is 0 Å². The zero-order valence-corrected chi connectivity index (χ0v) is 7.65. The Balaban J connectivity index is 3.26. The van der Waals surface area contributed by atoms with Gasteiger partial charge in [-0.05, 0) is 18.8 Å². The third-order valence-electron chi connectivity index (χ3n) is 0.535. The number of rotatable bonds is 3. The van der Waals surface area contributed by atoms with Crippen molar-refractivity contribution in [3.63, 3.8) is 0 Å². The van der Waals surface area contributed by atoms with Gasteiger partial charge in [0.25, 0.3) is 0 Å². The fraction of sp³-hybridized carbons (Fsp3) is 1.00. The summed E-state index contributed by atoms with van der Waals surface area (Å²) in [5.41, 5.74) is -1.93. The van der Waals surface area contributed by atoms with Crippen molar-refractivity contribution < 1.29 is 4.89 Å². The van der Waals surface area contributed by atoms with Crippen LogP contribution in [-0.2, 0) is 11.8 Å². The van der Waals surface area contributed by atoms with Gasteiger partial charge in [0.15, 0.2) is 0 Å². The molecule has 8 heavy (non-hydrogen) atoms. The van der Waals surface area contributed by atoms with E-state index in [1.54, 1.807) is 6.66 Å². The highest BCUT2D eigenvalue weighted by atomic mass is 32.9. The lowest BCUT2D eigenvalue weighted by Crippen LogP contribution is -1.72. The molecular weight excluding hydrogens is 159 g/mol. The smallest absolute Gasteiger partial charge is 0.113 e. The maximum absolute atomic E-state index is 9.04. The van der Waals surface area contributed by atoms with Gasteiger partial charge in [0, 0.05) is 0 Å². The highest BCUT2D eigenvalue weighted by Gasteiger charge is 2.01. The van der Waals surface area contributed by atoms with Gasteiger partial charge in [-0.2, -0.15) is 0 Å². The van der Waals surface area contributed by atoms with E-state index < -0.39 is 5.47 Å². The zero-order valence-electron chi connectivity index (χ0n) is 5.13. The fourth-order valence-corrected chi connectivity index (χ4v) is 3.02. The lowest BCUT2D eigenvalue weighted by atomic mass is 10.6. The van der Waals surface area contributed by atoms with E-state index >= 15 is 0 Å². The molecular formula is C4H11OPS2. The molecule has 0 fully saturated rings. The van der Waals surface area contributed by atoms with Gasteiger partial charge in [0.1, 0.15) is 5.47 Å². The predicted octanol–water partition coefficient (Wildman–Crippen LogP) is 2.06. The molecule has 1 nitrogen and oxygen atoms in total. The predicted molar refractivity (Wildman–Crippen MR) is 45.2 cm³/mol. The van der Waals surface area contributed by atoms with E-state index in [2.05, 4.69) is 6.92 Å². The summed E-state index contributed by atoms with van der Waals surface area (Å²) in [6.45, 7) is 3.82. The minimum absolute atomic E-state index is 0.990. The highest BCUT2D eigenvalue weighted by Crippen LogP contribution is 2.51. The molecule has 0 rings (SSSR count). The largest absolute Gasteiger partial charge is 0.357 e. The lowest BCUT2D eigenvalue weighted by molar-refractivity contribution is 0.644. The maximum Gasteiger partial charge on any atom is 0.113 e. The third-order valence-corrected chi connectivity index (χ3v) is 4.54. The van der Waals surface area contributed by atoms with Crippen LogP contribution in [0.2, 0.25) is 0 Å². The average molecular weight is 170 g/mol. The van der Waals surface area contributed by atoms with Crippen LogP contribution < -0.4 is 0 Å². The van der Waals surface area contributed by atoms with Crippen molar-refractivity contribution in [3.8, 4) is 0 Å². The molecule has 1 N–H and O–H groups in total. The van der Waals surface area contributed by atoms with Crippen molar-refractivity contribution in [2.24, 2.45) is 0 Å². The molecule has 0 aromatic carbocycles. The van der Waals surface area contributed by atoms with Gasteiger partial charge < -0.3 is 4.89 Å². The van der Waals surface area contributed by atoms with Crippen molar-refractivity contribution in [1.29, 1.82) is 0 Å². The standard InChI is InChI=1S/C4H11OPS2/c1-3-4-8-6(2,5)7/h3-4H2,1-2H3,(H,5,7). The van der Waals surface area contributed by atoms with E-state index in [1.165, 1.54) is 11.4 Å². The van der Waals surface area contributed by atoms with Gasteiger partial charge in [0.2, 0.25) is 0 Å². The molecule has 0 saturated carbocycles. The van der Waals surface area contributed by atoms with Crippen LogP contribution in [0.3, 0.4) is 0 Å². The molecule has 0 saturated heterocycles. The quantitative estimate of drug-likeness (QED) is 0.655. The van der Waals surface area contributed by atoms with Crippen LogP contribution in [-0.4, -0.2) is 17.3 Å². The molecule has 0 aromatic rings. The maximum atomic E-state index is 9.04. The summed E-state index contributed by atoms with van der Waals surface area (Å²) in [5, 5.41) is 0. The topological polar surface area (TPSA) is 20.2 Å². The molecule has 0 heterocycles. The molecule has 1 unspecified atom stereocenters. The fourth-order valence-electron chi connectivity index (χ4n) is 0.261. The second kappa shape index (κ2) is 3.89. The first-order valence-corrected chi connectivity index (χ1v) is 7.30. The molecule has 0 aromatic heterocycles. The summed E-state index contributed by atoms with van der Waals surface area (Å²) in [6.07, 6.45) is 1.09. The first-order chi connectivity index (χ1) is 3.56. The molecule has 0 aliphatic heterocycles. The van der Waals surface area contributed by atoms with Gasteiger partial charge >= 0.3 is 0 Å². The van der Waals surface area contributed by atoms with Gasteiger partial charge in [-0.15, -0.1) is 0 Å². The summed E-state index contributed by atoms with van der Waals surface area (Å²) < 4.78 is 0. The van der Waals surface area contributed by atoms with Gasteiger partial charge in [0.05, 0.1) is 0 Å². The molecule has 0 aliphatic rings. The van der Waals surface area contributed by atoms with E-state index in [-0.39, 0.29) is 0 Å². The Morgan fingerprint density at radius 1 is 1.75 bits per heavy atom. The summed E-state index contributed by atoms with van der Waals surface area (Å²) in [6, 6.07) is 0. The van der Waals surface area contributed by atoms with Crippen molar-refractivity contribution >= 4 is 28.7 Å². The van der Waals surface area contributed by atoms with Crippen molar-refractivity contribution in [2.45, 2.75) is 13.3 Å². The molecule has 0 radical (unpaired) electrons. The van der Waals surface area contributed by atoms with Crippen LogP contribution in [0.5, 0.6) is 0 Å². The number of hydrogen-bond donors (Lipinski definition) is 1. The van der Waals surface area contributed by atoms with Gasteiger partial charge in [-0.3, -0.25) is 0 Å². The summed E-state index contributed by atoms with van der Waals surface area (Å²) >= 11 is 6.29. The van der Waals surface area contributed by atoms with E-state index in [1.807, 2.05) is 0 Å². The molecule has 50 valence electrons. The normalized spacial score (nSPS) is 17.9. The zero-order chi connectivity index (χ0) is 6.62. The first-order valence-electron chi connectivity index (χ1n) is 2.51. The highest BCUT2D eigenvalue weighted by molar-refractivity contribution is 8.68. The Kier molecular flexibility index (Phi) is 4.35. The Morgan fingerprint density at radius 3 is 2.38 bits per heavy atom. The van der Waals surface area contributed by atoms with E-state index in [4.69, 9.17) is 16.7 Å². The van der Waals surface area contributed by atoms with Crippen molar-refractivity contribution in [2.75, 3.05) is 12.4 Å². The average Bonchev–Trinajstić information content (AvgIpc) is 1.59. The van der Waals surface area contributed by atoms with Crippen LogP contribution in [0.4, 0.5) is 0 Å². The van der Waals surface area contributed by atoms with Crippen molar-refractivity contribution in [3.05, 3.63) is 0 Å². The van der Waals surface area contributed by atoms with E-state index in [9.17, 15) is 0 Å². The van der Waals surface area contributed by atoms with Crippen LogP contribution in [0.25, 0.3) is 0 Å². The lowest BCUT2D eigenvalue weighted by Gasteiger charge is -2.04. The molecule has 0 amide bonds. The number of hydrogen-bond acceptors (Lipinski definition) is 2. The van der Waals surface area contributed by atoms with Crippen molar-refractivity contribution in [1.82, 2.24) is 0 Å². The molecule has 0 bridgehead atoms. The van der Waals surface area contributed by atoms with Gasteiger partial charge in [-0.1, -0.05) is 30.1 Å². The minimum Gasteiger partial charge on any atom is -0.357 e. The Labute approximate surface area is 59.7 Å². The third kappa shape index (κ3) is 6.96.